The smallest absolute Gasteiger partial charge is 0.263 e. The molecular weight excluding hydrogens is 420 g/mol. The number of hydrogen-bond acceptors (Lipinski definition) is 5. The maximum atomic E-state index is 13.1. The Morgan fingerprint density at radius 3 is 2.48 bits per heavy atom. The molecule has 2 atom stereocenters. The Bertz CT molecular complexity index is 890. The Hall–Kier alpha value is -1.90. The minimum Gasteiger partial charge on any atom is -0.378 e. The van der Waals surface area contributed by atoms with Gasteiger partial charge in [-0.15, -0.1) is 12.4 Å². The highest BCUT2D eigenvalue weighted by Crippen LogP contribution is 2.32. The molecule has 0 aromatic carbocycles. The second-order valence-corrected chi connectivity index (χ2v) is 9.05. The van der Waals surface area contributed by atoms with Crippen LogP contribution in [0.15, 0.2) is 16.9 Å². The quantitative estimate of drug-likeness (QED) is 0.716. The number of carbonyl (C=O) groups excluding carboxylic acids is 2. The van der Waals surface area contributed by atoms with Crippen molar-refractivity contribution in [1.82, 2.24) is 19.7 Å². The van der Waals surface area contributed by atoms with Gasteiger partial charge in [-0.1, -0.05) is 0 Å². The summed E-state index contributed by atoms with van der Waals surface area (Å²) < 4.78 is 7.16. The molecule has 5 heterocycles. The molecule has 4 aliphatic heterocycles. The van der Waals surface area contributed by atoms with Crippen molar-refractivity contribution in [3.05, 3.63) is 33.7 Å². The fourth-order valence-electron chi connectivity index (χ4n) is 5.50. The average molecular weight is 451 g/mol. The van der Waals surface area contributed by atoms with Crippen LogP contribution in [0.4, 0.5) is 0 Å². The van der Waals surface area contributed by atoms with Crippen LogP contribution in [0, 0.1) is 11.8 Å². The molecule has 31 heavy (non-hydrogen) atoms. The van der Waals surface area contributed by atoms with Gasteiger partial charge in [0.25, 0.3) is 11.5 Å². The standard InChI is InChI=1S/C22H30N4O4.ClH/c27-20(25-7-9-30-10-8-25)16-3-5-24(6-4-16)21(28)18-1-2-19-17-11-15(12-23-13-17)14-26(19)22(18)29;/h1-2,15-17,23H,3-14H2;1H/t15-,17+;/m0./s1. The SMILES string of the molecule is Cl.O=C(c1ccc2n(c1=O)C[C@@H]1CNC[C@H]2C1)N1CCC(C(=O)N2CCOCC2)CC1. The number of halogens is 1. The molecule has 3 saturated heterocycles. The minimum atomic E-state index is -0.193. The zero-order chi connectivity index (χ0) is 20.7. The summed E-state index contributed by atoms with van der Waals surface area (Å²) in [5.41, 5.74) is 1.17. The first kappa shape index (κ1) is 22.3. The Morgan fingerprint density at radius 1 is 1.00 bits per heavy atom. The molecule has 9 heteroatoms. The van der Waals surface area contributed by atoms with Crippen molar-refractivity contribution in [2.45, 2.75) is 31.7 Å². The van der Waals surface area contributed by atoms with E-state index in [2.05, 4.69) is 5.32 Å². The van der Waals surface area contributed by atoms with Gasteiger partial charge in [0, 0.05) is 56.8 Å². The van der Waals surface area contributed by atoms with Gasteiger partial charge in [0.2, 0.25) is 5.91 Å². The molecular formula is C22H31ClN4O4. The number of pyridine rings is 1. The highest BCUT2D eigenvalue weighted by molar-refractivity contribution is 5.94. The lowest BCUT2D eigenvalue weighted by Crippen LogP contribution is -2.49. The summed E-state index contributed by atoms with van der Waals surface area (Å²) in [6, 6.07) is 3.69. The van der Waals surface area contributed by atoms with Crippen molar-refractivity contribution >= 4 is 24.2 Å². The molecule has 5 rings (SSSR count). The fraction of sp³-hybridized carbons (Fsp3) is 0.682. The molecule has 0 unspecified atom stereocenters. The Balaban J connectivity index is 0.00000231. The summed E-state index contributed by atoms with van der Waals surface area (Å²) in [6.07, 6.45) is 2.43. The van der Waals surface area contributed by atoms with Crippen LogP contribution in [0.5, 0.6) is 0 Å². The summed E-state index contributed by atoms with van der Waals surface area (Å²) in [7, 11) is 0. The van der Waals surface area contributed by atoms with Crippen molar-refractivity contribution in [2.75, 3.05) is 52.5 Å². The Labute approximate surface area is 188 Å². The molecule has 1 aromatic heterocycles. The molecule has 1 N–H and O–H groups in total. The first-order valence-electron chi connectivity index (χ1n) is 11.2. The van der Waals surface area contributed by atoms with Crippen molar-refractivity contribution < 1.29 is 14.3 Å². The van der Waals surface area contributed by atoms with Crippen molar-refractivity contribution in [3.63, 3.8) is 0 Å². The van der Waals surface area contributed by atoms with E-state index in [1.54, 1.807) is 11.0 Å². The van der Waals surface area contributed by atoms with E-state index in [-0.39, 0.29) is 41.3 Å². The molecule has 0 saturated carbocycles. The van der Waals surface area contributed by atoms with Crippen molar-refractivity contribution in [2.24, 2.45) is 11.8 Å². The molecule has 8 nitrogen and oxygen atoms in total. The van der Waals surface area contributed by atoms with Gasteiger partial charge in [-0.05, 0) is 43.9 Å². The first-order chi connectivity index (χ1) is 14.6. The normalized spacial score (nSPS) is 26.1. The molecule has 4 aliphatic rings. The van der Waals surface area contributed by atoms with Crippen LogP contribution < -0.4 is 10.9 Å². The van der Waals surface area contributed by atoms with Crippen LogP contribution in [0.3, 0.4) is 0 Å². The zero-order valence-corrected chi connectivity index (χ0v) is 18.6. The van der Waals surface area contributed by atoms with Gasteiger partial charge in [-0.25, -0.2) is 0 Å². The molecule has 2 amide bonds. The second kappa shape index (κ2) is 9.30. The van der Waals surface area contributed by atoms with Gasteiger partial charge in [-0.3, -0.25) is 14.4 Å². The Morgan fingerprint density at radius 2 is 1.74 bits per heavy atom. The Kier molecular flexibility index (Phi) is 6.69. The lowest BCUT2D eigenvalue weighted by atomic mass is 9.84. The number of likely N-dealkylation sites (tertiary alicyclic amines) is 1. The number of ether oxygens (including phenoxy) is 1. The molecule has 170 valence electrons. The third-order valence-electron chi connectivity index (χ3n) is 7.19. The van der Waals surface area contributed by atoms with E-state index < -0.39 is 0 Å². The second-order valence-electron chi connectivity index (χ2n) is 9.05. The summed E-state index contributed by atoms with van der Waals surface area (Å²) in [4.78, 5) is 42.6. The van der Waals surface area contributed by atoms with E-state index in [4.69, 9.17) is 4.74 Å². The predicted molar refractivity (Wildman–Crippen MR) is 118 cm³/mol. The number of amides is 2. The summed E-state index contributed by atoms with van der Waals surface area (Å²) in [6.45, 7) is 6.08. The number of nitrogens with zero attached hydrogens (tertiary/aromatic N) is 3. The topological polar surface area (TPSA) is 83.9 Å². The van der Waals surface area contributed by atoms with Crippen molar-refractivity contribution in [1.29, 1.82) is 0 Å². The van der Waals surface area contributed by atoms with E-state index in [1.807, 2.05) is 15.5 Å². The van der Waals surface area contributed by atoms with E-state index in [9.17, 15) is 14.4 Å². The summed E-state index contributed by atoms with van der Waals surface area (Å²) in [5, 5.41) is 3.44. The van der Waals surface area contributed by atoms with Crippen LogP contribution in [0.2, 0.25) is 0 Å². The third kappa shape index (κ3) is 4.25. The highest BCUT2D eigenvalue weighted by Gasteiger charge is 2.34. The maximum Gasteiger partial charge on any atom is 0.263 e. The van der Waals surface area contributed by atoms with Crippen LogP contribution in [0.1, 0.15) is 41.2 Å². The molecule has 0 spiro atoms. The van der Waals surface area contributed by atoms with E-state index in [0.717, 1.165) is 25.2 Å². The van der Waals surface area contributed by atoms with Crippen LogP contribution >= 0.6 is 12.4 Å². The molecule has 1 aromatic rings. The van der Waals surface area contributed by atoms with E-state index in [0.29, 0.717) is 70.6 Å². The molecule has 3 fully saturated rings. The lowest BCUT2D eigenvalue weighted by Gasteiger charge is -2.38. The van der Waals surface area contributed by atoms with Gasteiger partial charge in [0.05, 0.1) is 13.2 Å². The monoisotopic (exact) mass is 450 g/mol. The molecule has 0 aliphatic carbocycles. The summed E-state index contributed by atoms with van der Waals surface area (Å²) in [5.74, 6) is 0.766. The maximum absolute atomic E-state index is 13.1. The number of piperidine rings is 2. The van der Waals surface area contributed by atoms with E-state index >= 15 is 0 Å². The van der Waals surface area contributed by atoms with Gasteiger partial charge in [0.15, 0.2) is 0 Å². The molecule has 2 bridgehead atoms. The number of morpholine rings is 1. The number of hydrogen-bond donors (Lipinski definition) is 1. The van der Waals surface area contributed by atoms with E-state index in [1.165, 1.54) is 0 Å². The minimum absolute atomic E-state index is 0. The fourth-order valence-corrected chi connectivity index (χ4v) is 5.50. The largest absolute Gasteiger partial charge is 0.378 e. The van der Waals surface area contributed by atoms with Gasteiger partial charge >= 0.3 is 0 Å². The highest BCUT2D eigenvalue weighted by atomic mass is 35.5. The van der Waals surface area contributed by atoms with Gasteiger partial charge < -0.3 is 24.4 Å². The number of fused-ring (bicyclic) bond motifs is 4. The first-order valence-corrected chi connectivity index (χ1v) is 11.2. The van der Waals surface area contributed by atoms with Gasteiger partial charge in [-0.2, -0.15) is 0 Å². The third-order valence-corrected chi connectivity index (χ3v) is 7.19. The van der Waals surface area contributed by atoms with Crippen LogP contribution in [-0.2, 0) is 16.1 Å². The number of rotatable bonds is 2. The summed E-state index contributed by atoms with van der Waals surface area (Å²) >= 11 is 0. The number of carbonyl (C=O) groups is 2. The van der Waals surface area contributed by atoms with Crippen molar-refractivity contribution in [3.8, 4) is 0 Å². The van der Waals surface area contributed by atoms with Crippen LogP contribution in [0.25, 0.3) is 0 Å². The zero-order valence-electron chi connectivity index (χ0n) is 17.8. The lowest BCUT2D eigenvalue weighted by molar-refractivity contribution is -0.141. The average Bonchev–Trinajstić information content (AvgIpc) is 2.80. The van der Waals surface area contributed by atoms with Gasteiger partial charge in [0.1, 0.15) is 5.56 Å². The van der Waals surface area contributed by atoms with Crippen LogP contribution in [-0.4, -0.2) is 78.7 Å². The predicted octanol–water partition coefficient (Wildman–Crippen LogP) is 0.688. The number of nitrogens with one attached hydrogen (secondary N) is 1. The molecule has 0 radical (unpaired) electrons. The number of aromatic nitrogens is 1.